The summed E-state index contributed by atoms with van der Waals surface area (Å²) in [5.74, 6) is -0.338. The molecule has 0 heterocycles. The Morgan fingerprint density at radius 3 is 2.31 bits per heavy atom. The van der Waals surface area contributed by atoms with Crippen LogP contribution in [0.15, 0.2) is 46.9 Å². The van der Waals surface area contributed by atoms with Crippen LogP contribution in [0.4, 0.5) is 8.78 Å². The number of halogens is 3. The molecule has 0 aliphatic rings. The second-order valence-electron chi connectivity index (χ2n) is 3.38. The van der Waals surface area contributed by atoms with Gasteiger partial charge in [0.15, 0.2) is 0 Å². The van der Waals surface area contributed by atoms with Gasteiger partial charge in [0.25, 0.3) is 0 Å². The van der Waals surface area contributed by atoms with Gasteiger partial charge in [-0.05, 0) is 17.7 Å². The first-order valence-corrected chi connectivity index (χ1v) is 5.61. The topological polar surface area (TPSA) is 0 Å². The molecule has 2 rings (SSSR count). The molecule has 0 N–H and O–H groups in total. The maximum absolute atomic E-state index is 13.6. The molecule has 2 aromatic rings. The largest absolute Gasteiger partial charge is 0.246 e. The van der Waals surface area contributed by atoms with Crippen LogP contribution in [-0.4, -0.2) is 0 Å². The Bertz CT molecular complexity index is 509. The molecule has 16 heavy (non-hydrogen) atoms. The zero-order valence-electron chi connectivity index (χ0n) is 8.38. The Kier molecular flexibility index (Phi) is 3.34. The smallest absolute Gasteiger partial charge is 0.131 e. The van der Waals surface area contributed by atoms with Crippen LogP contribution in [0.2, 0.25) is 0 Å². The van der Waals surface area contributed by atoms with Gasteiger partial charge in [0.1, 0.15) is 12.5 Å². The van der Waals surface area contributed by atoms with Crippen LogP contribution < -0.4 is 0 Å². The summed E-state index contributed by atoms with van der Waals surface area (Å²) in [6.07, 6.45) is 0. The minimum Gasteiger partial charge on any atom is -0.246 e. The molecule has 0 radical (unpaired) electrons. The third-order valence-corrected chi connectivity index (χ3v) is 3.16. The maximum Gasteiger partial charge on any atom is 0.131 e. The van der Waals surface area contributed by atoms with E-state index in [1.807, 2.05) is 0 Å². The molecular formula is C13H9BrF2. The van der Waals surface area contributed by atoms with Gasteiger partial charge in [0.2, 0.25) is 0 Å². The standard InChI is InChI=1S/C13H9BrF2/c14-12-6-3-5-9(11(12)8-15)10-4-1-2-7-13(10)16/h1-7H,8H2. The van der Waals surface area contributed by atoms with Gasteiger partial charge in [-0.25, -0.2) is 8.78 Å². The lowest BCUT2D eigenvalue weighted by Crippen LogP contribution is -1.91. The molecule has 0 aliphatic carbocycles. The second kappa shape index (κ2) is 4.74. The van der Waals surface area contributed by atoms with E-state index in [0.717, 1.165) is 0 Å². The molecule has 0 aliphatic heterocycles. The summed E-state index contributed by atoms with van der Waals surface area (Å²) in [6.45, 7) is -0.620. The number of hydrogen-bond acceptors (Lipinski definition) is 0. The van der Waals surface area contributed by atoms with E-state index in [0.29, 0.717) is 21.2 Å². The quantitative estimate of drug-likeness (QED) is 0.747. The third kappa shape index (κ3) is 2.00. The van der Waals surface area contributed by atoms with Gasteiger partial charge in [-0.1, -0.05) is 46.3 Å². The molecular weight excluding hydrogens is 274 g/mol. The molecule has 0 fully saturated rings. The van der Waals surface area contributed by atoms with Gasteiger partial charge in [-0.3, -0.25) is 0 Å². The lowest BCUT2D eigenvalue weighted by atomic mass is 10.00. The monoisotopic (exact) mass is 282 g/mol. The fourth-order valence-corrected chi connectivity index (χ4v) is 2.10. The highest BCUT2D eigenvalue weighted by molar-refractivity contribution is 9.10. The molecule has 0 amide bonds. The first-order chi connectivity index (χ1) is 7.74. The molecule has 0 nitrogen and oxygen atoms in total. The summed E-state index contributed by atoms with van der Waals surface area (Å²) in [5, 5.41) is 0. The van der Waals surface area contributed by atoms with Crippen molar-refractivity contribution in [1.82, 2.24) is 0 Å². The Morgan fingerprint density at radius 2 is 1.62 bits per heavy atom. The first-order valence-electron chi connectivity index (χ1n) is 4.82. The summed E-state index contributed by atoms with van der Waals surface area (Å²) in [7, 11) is 0. The van der Waals surface area contributed by atoms with Crippen molar-refractivity contribution in [1.29, 1.82) is 0 Å². The highest BCUT2D eigenvalue weighted by Gasteiger charge is 2.11. The lowest BCUT2D eigenvalue weighted by Gasteiger charge is -2.09. The fourth-order valence-electron chi connectivity index (χ4n) is 1.63. The summed E-state index contributed by atoms with van der Waals surface area (Å²) in [6, 6.07) is 11.6. The molecule has 0 saturated heterocycles. The molecule has 0 spiro atoms. The number of benzene rings is 2. The van der Waals surface area contributed by atoms with Crippen molar-refractivity contribution in [3.8, 4) is 11.1 Å². The average molecular weight is 283 g/mol. The summed E-state index contributed by atoms with van der Waals surface area (Å²) >= 11 is 3.27. The second-order valence-corrected chi connectivity index (χ2v) is 4.23. The molecule has 82 valence electrons. The van der Waals surface area contributed by atoms with Crippen LogP contribution in [0.25, 0.3) is 11.1 Å². The van der Waals surface area contributed by atoms with Crippen molar-refractivity contribution in [2.24, 2.45) is 0 Å². The van der Waals surface area contributed by atoms with Gasteiger partial charge >= 0.3 is 0 Å². The van der Waals surface area contributed by atoms with Crippen LogP contribution in [0.5, 0.6) is 0 Å². The van der Waals surface area contributed by atoms with Crippen LogP contribution in [0.3, 0.4) is 0 Å². The van der Waals surface area contributed by atoms with E-state index in [2.05, 4.69) is 15.9 Å². The minimum atomic E-state index is -0.620. The Labute approximate surface area is 101 Å². The molecule has 0 atom stereocenters. The van der Waals surface area contributed by atoms with E-state index < -0.39 is 6.67 Å². The van der Waals surface area contributed by atoms with Crippen LogP contribution >= 0.6 is 15.9 Å². The van der Waals surface area contributed by atoms with E-state index in [1.165, 1.54) is 6.07 Å². The lowest BCUT2D eigenvalue weighted by molar-refractivity contribution is 0.484. The van der Waals surface area contributed by atoms with Crippen molar-refractivity contribution in [2.45, 2.75) is 6.67 Å². The highest BCUT2D eigenvalue weighted by Crippen LogP contribution is 2.31. The SMILES string of the molecule is FCc1c(Br)cccc1-c1ccccc1F. The predicted molar refractivity (Wildman–Crippen MR) is 64.3 cm³/mol. The Morgan fingerprint density at radius 1 is 0.938 bits per heavy atom. The Hall–Kier alpha value is -1.22. The number of alkyl halides is 1. The van der Waals surface area contributed by atoms with Crippen LogP contribution in [0.1, 0.15) is 5.56 Å². The highest BCUT2D eigenvalue weighted by atomic mass is 79.9. The third-order valence-electron chi connectivity index (χ3n) is 2.42. The van der Waals surface area contributed by atoms with E-state index in [-0.39, 0.29) is 5.82 Å². The summed E-state index contributed by atoms with van der Waals surface area (Å²) in [5.41, 5.74) is 1.50. The van der Waals surface area contributed by atoms with Gasteiger partial charge in [-0.2, -0.15) is 0 Å². The van der Waals surface area contributed by atoms with Gasteiger partial charge in [0, 0.05) is 15.6 Å². The minimum absolute atomic E-state index is 0.338. The van der Waals surface area contributed by atoms with Gasteiger partial charge in [0.05, 0.1) is 0 Å². The summed E-state index contributed by atoms with van der Waals surface area (Å²) in [4.78, 5) is 0. The number of hydrogen-bond donors (Lipinski definition) is 0. The molecule has 2 aromatic carbocycles. The van der Waals surface area contributed by atoms with Crippen molar-refractivity contribution < 1.29 is 8.78 Å². The zero-order chi connectivity index (χ0) is 11.5. The fraction of sp³-hybridized carbons (Fsp3) is 0.0769. The van der Waals surface area contributed by atoms with Crippen molar-refractivity contribution in [3.05, 3.63) is 58.3 Å². The van der Waals surface area contributed by atoms with E-state index in [1.54, 1.807) is 36.4 Å². The predicted octanol–water partition coefficient (Wildman–Crippen LogP) is 4.72. The zero-order valence-corrected chi connectivity index (χ0v) is 9.97. The molecule has 3 heteroatoms. The normalized spacial score (nSPS) is 10.4. The van der Waals surface area contributed by atoms with Crippen molar-refractivity contribution in [3.63, 3.8) is 0 Å². The molecule has 0 unspecified atom stereocenters. The summed E-state index contributed by atoms with van der Waals surface area (Å²) < 4.78 is 27.2. The molecule has 0 bridgehead atoms. The van der Waals surface area contributed by atoms with E-state index in [9.17, 15) is 8.78 Å². The Balaban J connectivity index is 2.65. The van der Waals surface area contributed by atoms with E-state index in [4.69, 9.17) is 0 Å². The van der Waals surface area contributed by atoms with Crippen LogP contribution in [0, 0.1) is 5.82 Å². The maximum atomic E-state index is 13.6. The average Bonchev–Trinajstić information content (AvgIpc) is 2.29. The first kappa shape index (κ1) is 11.3. The molecule has 0 saturated carbocycles. The van der Waals surface area contributed by atoms with Crippen molar-refractivity contribution in [2.75, 3.05) is 0 Å². The van der Waals surface area contributed by atoms with Crippen LogP contribution in [-0.2, 0) is 6.67 Å². The number of rotatable bonds is 2. The molecule has 0 aromatic heterocycles. The van der Waals surface area contributed by atoms with E-state index >= 15 is 0 Å². The van der Waals surface area contributed by atoms with Crippen molar-refractivity contribution >= 4 is 15.9 Å². The van der Waals surface area contributed by atoms with Gasteiger partial charge < -0.3 is 0 Å². The van der Waals surface area contributed by atoms with Gasteiger partial charge in [-0.15, -0.1) is 0 Å².